The van der Waals surface area contributed by atoms with Crippen LogP contribution in [0.2, 0.25) is 0 Å². The molecule has 2 aromatic heterocycles. The number of hydrogen-bond donors (Lipinski definition) is 1. The van der Waals surface area contributed by atoms with Gasteiger partial charge in [-0.3, -0.25) is 14.2 Å². The first-order chi connectivity index (χ1) is 10.6. The number of carbonyl (C=O) groups is 1. The van der Waals surface area contributed by atoms with E-state index < -0.39 is 0 Å². The van der Waals surface area contributed by atoms with E-state index in [4.69, 9.17) is 0 Å². The number of rotatable bonds is 4. The van der Waals surface area contributed by atoms with Gasteiger partial charge in [0.25, 0.3) is 5.56 Å². The summed E-state index contributed by atoms with van der Waals surface area (Å²) in [6.07, 6.45) is 1.42. The summed E-state index contributed by atoms with van der Waals surface area (Å²) < 4.78 is 1.33. The van der Waals surface area contributed by atoms with Crippen LogP contribution in [0.1, 0.15) is 17.8 Å². The number of amides is 1. The monoisotopic (exact) mass is 313 g/mol. The van der Waals surface area contributed by atoms with E-state index >= 15 is 0 Å². The Morgan fingerprint density at radius 2 is 2.14 bits per heavy atom. The van der Waals surface area contributed by atoms with Crippen LogP contribution in [0.5, 0.6) is 0 Å². The number of nitrogens with zero attached hydrogens (tertiary/aromatic N) is 2. The minimum Gasteiger partial charge on any atom is -0.347 e. The van der Waals surface area contributed by atoms with E-state index in [1.807, 2.05) is 30.5 Å². The van der Waals surface area contributed by atoms with Gasteiger partial charge >= 0.3 is 0 Å². The average molecular weight is 313 g/mol. The van der Waals surface area contributed by atoms with Gasteiger partial charge in [-0.2, -0.15) is 0 Å². The second-order valence-corrected chi connectivity index (χ2v) is 5.98. The molecule has 1 amide bonds. The number of benzene rings is 1. The van der Waals surface area contributed by atoms with Crippen LogP contribution in [0, 0.1) is 0 Å². The van der Waals surface area contributed by atoms with Crippen molar-refractivity contribution in [3.8, 4) is 0 Å². The van der Waals surface area contributed by atoms with E-state index in [2.05, 4.69) is 10.3 Å². The van der Waals surface area contributed by atoms with Crippen molar-refractivity contribution in [2.24, 2.45) is 0 Å². The maximum atomic E-state index is 12.3. The molecule has 0 fully saturated rings. The number of thiophene rings is 1. The molecule has 3 rings (SSSR count). The van der Waals surface area contributed by atoms with E-state index in [0.29, 0.717) is 10.9 Å². The number of aromatic nitrogens is 2. The first kappa shape index (κ1) is 14.5. The highest BCUT2D eigenvalue weighted by molar-refractivity contribution is 7.10. The molecule has 3 aromatic rings. The zero-order valence-electron chi connectivity index (χ0n) is 12.0. The predicted molar refractivity (Wildman–Crippen MR) is 86.9 cm³/mol. The number of hydrogen-bond acceptors (Lipinski definition) is 4. The highest BCUT2D eigenvalue weighted by Crippen LogP contribution is 2.17. The molecule has 0 aliphatic carbocycles. The molecule has 5 nitrogen and oxygen atoms in total. The number of para-hydroxylation sites is 1. The van der Waals surface area contributed by atoms with Crippen LogP contribution in [-0.2, 0) is 11.3 Å². The smallest absolute Gasteiger partial charge is 0.261 e. The minimum absolute atomic E-state index is 0.0353. The van der Waals surface area contributed by atoms with Gasteiger partial charge in [-0.15, -0.1) is 11.3 Å². The summed E-state index contributed by atoms with van der Waals surface area (Å²) in [4.78, 5) is 29.7. The van der Waals surface area contributed by atoms with Crippen LogP contribution < -0.4 is 10.9 Å². The lowest BCUT2D eigenvalue weighted by Crippen LogP contribution is -2.33. The Morgan fingerprint density at radius 1 is 1.32 bits per heavy atom. The lowest BCUT2D eigenvalue weighted by atomic mass is 10.2. The van der Waals surface area contributed by atoms with Crippen LogP contribution in [-0.4, -0.2) is 15.5 Å². The third kappa shape index (κ3) is 2.92. The zero-order valence-corrected chi connectivity index (χ0v) is 12.8. The van der Waals surface area contributed by atoms with E-state index in [1.165, 1.54) is 10.9 Å². The fraction of sp³-hybridized carbons (Fsp3) is 0.188. The van der Waals surface area contributed by atoms with Crippen molar-refractivity contribution in [2.45, 2.75) is 19.5 Å². The summed E-state index contributed by atoms with van der Waals surface area (Å²) in [6, 6.07) is 11.0. The molecule has 0 saturated heterocycles. The van der Waals surface area contributed by atoms with Crippen LogP contribution in [0.3, 0.4) is 0 Å². The molecule has 1 unspecified atom stereocenters. The highest BCUT2D eigenvalue weighted by Gasteiger charge is 2.12. The van der Waals surface area contributed by atoms with Gasteiger partial charge in [0.15, 0.2) is 0 Å². The molecule has 0 bridgehead atoms. The molecule has 22 heavy (non-hydrogen) atoms. The van der Waals surface area contributed by atoms with Crippen LogP contribution in [0.25, 0.3) is 10.9 Å². The molecule has 1 N–H and O–H groups in total. The van der Waals surface area contributed by atoms with Gasteiger partial charge in [0, 0.05) is 4.88 Å². The molecular formula is C16H15N3O2S. The summed E-state index contributed by atoms with van der Waals surface area (Å²) in [5, 5.41) is 5.38. The number of carbonyl (C=O) groups excluding carboxylic acids is 1. The van der Waals surface area contributed by atoms with Gasteiger partial charge in [-0.25, -0.2) is 4.98 Å². The zero-order chi connectivity index (χ0) is 15.5. The molecule has 6 heteroatoms. The fourth-order valence-corrected chi connectivity index (χ4v) is 3.00. The molecule has 0 saturated carbocycles. The quantitative estimate of drug-likeness (QED) is 0.804. The molecule has 0 aliphatic rings. The standard InChI is InChI=1S/C16H15N3O2S/c1-11(14-7-4-8-22-14)18-15(20)9-19-10-17-13-6-3-2-5-12(13)16(19)21/h2-8,10-11H,9H2,1H3,(H,18,20). The van der Waals surface area contributed by atoms with E-state index in [1.54, 1.807) is 29.5 Å². The molecule has 0 radical (unpaired) electrons. The Morgan fingerprint density at radius 3 is 2.91 bits per heavy atom. The Labute approximate surface area is 131 Å². The molecule has 112 valence electrons. The van der Waals surface area contributed by atoms with E-state index in [-0.39, 0.29) is 24.1 Å². The van der Waals surface area contributed by atoms with Crippen molar-refractivity contribution in [3.63, 3.8) is 0 Å². The summed E-state index contributed by atoms with van der Waals surface area (Å²) in [6.45, 7) is 1.89. The van der Waals surface area contributed by atoms with Crippen molar-refractivity contribution in [1.82, 2.24) is 14.9 Å². The minimum atomic E-state index is -0.208. The van der Waals surface area contributed by atoms with Crippen LogP contribution >= 0.6 is 11.3 Å². The second kappa shape index (κ2) is 6.11. The summed E-state index contributed by atoms with van der Waals surface area (Å²) in [5.74, 6) is -0.208. The van der Waals surface area contributed by atoms with Crippen LogP contribution in [0.4, 0.5) is 0 Å². The molecular weight excluding hydrogens is 298 g/mol. The van der Waals surface area contributed by atoms with Crippen LogP contribution in [0.15, 0.2) is 52.9 Å². The van der Waals surface area contributed by atoms with Crippen molar-refractivity contribution in [3.05, 3.63) is 63.3 Å². The largest absolute Gasteiger partial charge is 0.347 e. The normalized spacial score (nSPS) is 12.2. The van der Waals surface area contributed by atoms with Gasteiger partial charge < -0.3 is 5.32 Å². The molecule has 1 aromatic carbocycles. The highest BCUT2D eigenvalue weighted by atomic mass is 32.1. The first-order valence-corrected chi connectivity index (χ1v) is 7.80. The van der Waals surface area contributed by atoms with Gasteiger partial charge in [0.05, 0.1) is 23.3 Å². The van der Waals surface area contributed by atoms with Crippen molar-refractivity contribution >= 4 is 28.1 Å². The first-order valence-electron chi connectivity index (χ1n) is 6.92. The maximum absolute atomic E-state index is 12.3. The Kier molecular flexibility index (Phi) is 4.02. The third-order valence-corrected chi connectivity index (χ3v) is 4.45. The molecule has 0 aliphatic heterocycles. The van der Waals surface area contributed by atoms with Crippen molar-refractivity contribution in [1.29, 1.82) is 0 Å². The maximum Gasteiger partial charge on any atom is 0.261 e. The summed E-state index contributed by atoms with van der Waals surface area (Å²) in [7, 11) is 0. The fourth-order valence-electron chi connectivity index (χ4n) is 2.27. The Balaban J connectivity index is 1.77. The third-order valence-electron chi connectivity index (χ3n) is 3.39. The summed E-state index contributed by atoms with van der Waals surface area (Å²) in [5.41, 5.74) is 0.431. The Bertz CT molecular complexity index is 855. The van der Waals surface area contributed by atoms with E-state index in [0.717, 1.165) is 4.88 Å². The topological polar surface area (TPSA) is 64.0 Å². The van der Waals surface area contributed by atoms with E-state index in [9.17, 15) is 9.59 Å². The van der Waals surface area contributed by atoms with Crippen molar-refractivity contribution < 1.29 is 4.79 Å². The molecule has 2 heterocycles. The lowest BCUT2D eigenvalue weighted by molar-refractivity contribution is -0.122. The van der Waals surface area contributed by atoms with Gasteiger partial charge in [0.2, 0.25) is 5.91 Å². The van der Waals surface area contributed by atoms with Gasteiger partial charge in [-0.1, -0.05) is 18.2 Å². The van der Waals surface area contributed by atoms with Gasteiger partial charge in [-0.05, 0) is 30.5 Å². The Hall–Kier alpha value is -2.47. The van der Waals surface area contributed by atoms with Gasteiger partial charge in [0.1, 0.15) is 6.54 Å². The molecule has 1 atom stereocenters. The number of nitrogens with one attached hydrogen (secondary N) is 1. The predicted octanol–water partition coefficient (Wildman–Crippen LogP) is 2.34. The average Bonchev–Trinajstić information content (AvgIpc) is 3.05. The SMILES string of the molecule is CC(NC(=O)Cn1cnc2ccccc2c1=O)c1cccs1. The number of fused-ring (bicyclic) bond motifs is 1. The molecule has 0 spiro atoms. The van der Waals surface area contributed by atoms with Crippen molar-refractivity contribution in [2.75, 3.05) is 0 Å². The summed E-state index contributed by atoms with van der Waals surface area (Å²) >= 11 is 1.59. The lowest BCUT2D eigenvalue weighted by Gasteiger charge is -2.13. The second-order valence-electron chi connectivity index (χ2n) is 5.00.